The van der Waals surface area contributed by atoms with Gasteiger partial charge in [0.1, 0.15) is 11.7 Å². The Bertz CT molecular complexity index is 1450. The van der Waals surface area contributed by atoms with Crippen LogP contribution in [0.1, 0.15) is 48.5 Å². The van der Waals surface area contributed by atoms with E-state index in [-0.39, 0.29) is 17.6 Å². The van der Waals surface area contributed by atoms with Gasteiger partial charge in [-0.25, -0.2) is 14.5 Å². The first-order valence-corrected chi connectivity index (χ1v) is 10.8. The van der Waals surface area contributed by atoms with E-state index in [9.17, 15) is 4.39 Å². The molecule has 0 aromatic carbocycles. The molecule has 0 bridgehead atoms. The van der Waals surface area contributed by atoms with Gasteiger partial charge in [0, 0.05) is 24.9 Å². The third-order valence-corrected chi connectivity index (χ3v) is 5.97. The highest BCUT2D eigenvalue weighted by atomic mass is 19.1. The average molecular weight is 444 g/mol. The SMILES string of the molecule is CC(C)c1cccn2nc([C@H]3c4nc[nH]c4CCN3c3nnc(-c4cccc(F)n4)o3)cc12. The van der Waals surface area contributed by atoms with Gasteiger partial charge in [-0.2, -0.15) is 9.49 Å². The van der Waals surface area contributed by atoms with E-state index in [1.165, 1.54) is 11.6 Å². The number of halogens is 1. The first kappa shape index (κ1) is 19.6. The fourth-order valence-electron chi connectivity index (χ4n) is 4.42. The van der Waals surface area contributed by atoms with E-state index in [4.69, 9.17) is 9.52 Å². The molecule has 1 N–H and O–H groups in total. The number of rotatable bonds is 4. The van der Waals surface area contributed by atoms with Crippen LogP contribution in [0.3, 0.4) is 0 Å². The Balaban J connectivity index is 1.45. The number of pyridine rings is 2. The van der Waals surface area contributed by atoms with Gasteiger partial charge in [-0.05, 0) is 35.7 Å². The molecule has 0 amide bonds. The number of anilines is 1. The summed E-state index contributed by atoms with van der Waals surface area (Å²) in [4.78, 5) is 13.7. The lowest BCUT2D eigenvalue weighted by molar-refractivity contribution is 0.501. The van der Waals surface area contributed by atoms with Gasteiger partial charge in [-0.1, -0.05) is 31.1 Å². The number of aromatic nitrogens is 7. The minimum Gasteiger partial charge on any atom is -0.402 e. The van der Waals surface area contributed by atoms with Gasteiger partial charge >= 0.3 is 6.01 Å². The predicted molar refractivity (Wildman–Crippen MR) is 118 cm³/mol. The van der Waals surface area contributed by atoms with E-state index in [1.54, 1.807) is 18.5 Å². The Labute approximate surface area is 188 Å². The molecule has 0 spiro atoms. The van der Waals surface area contributed by atoms with Crippen LogP contribution in [-0.2, 0) is 6.42 Å². The van der Waals surface area contributed by atoms with Gasteiger partial charge in [0.2, 0.25) is 5.95 Å². The van der Waals surface area contributed by atoms with Gasteiger partial charge < -0.3 is 14.3 Å². The van der Waals surface area contributed by atoms with Gasteiger partial charge in [0.05, 0.1) is 23.2 Å². The number of hydrogen-bond donors (Lipinski definition) is 1. The van der Waals surface area contributed by atoms with E-state index in [0.717, 1.165) is 29.0 Å². The molecule has 9 nitrogen and oxygen atoms in total. The van der Waals surface area contributed by atoms with E-state index < -0.39 is 5.95 Å². The number of hydrogen-bond acceptors (Lipinski definition) is 7. The summed E-state index contributed by atoms with van der Waals surface area (Å²) < 4.78 is 21.4. The third kappa shape index (κ3) is 3.25. The van der Waals surface area contributed by atoms with Gasteiger partial charge in [-0.15, -0.1) is 5.10 Å². The minimum atomic E-state index is -0.602. The fourth-order valence-corrected chi connectivity index (χ4v) is 4.42. The Morgan fingerprint density at radius 3 is 2.94 bits per heavy atom. The second-order valence-corrected chi connectivity index (χ2v) is 8.36. The van der Waals surface area contributed by atoms with Crippen LogP contribution in [0.2, 0.25) is 0 Å². The van der Waals surface area contributed by atoms with Crippen molar-refractivity contribution in [3.63, 3.8) is 0 Å². The second kappa shape index (κ2) is 7.51. The van der Waals surface area contributed by atoms with Crippen LogP contribution in [0.15, 0.2) is 53.3 Å². The third-order valence-electron chi connectivity index (χ3n) is 5.97. The Hall–Kier alpha value is -4.08. The summed E-state index contributed by atoms with van der Waals surface area (Å²) in [6.45, 7) is 4.96. The van der Waals surface area contributed by atoms with Crippen molar-refractivity contribution in [3.8, 4) is 11.6 Å². The molecular weight excluding hydrogens is 423 g/mol. The van der Waals surface area contributed by atoms with E-state index in [0.29, 0.717) is 18.5 Å². The number of H-pyrrole nitrogens is 1. The van der Waals surface area contributed by atoms with Crippen LogP contribution in [-0.4, -0.2) is 41.3 Å². The van der Waals surface area contributed by atoms with Crippen LogP contribution < -0.4 is 4.90 Å². The number of fused-ring (bicyclic) bond motifs is 2. The predicted octanol–water partition coefficient (Wildman–Crippen LogP) is 3.92. The minimum absolute atomic E-state index is 0.160. The maximum atomic E-state index is 13.6. The van der Waals surface area contributed by atoms with Crippen LogP contribution in [0.5, 0.6) is 0 Å². The molecule has 0 unspecified atom stereocenters. The molecule has 0 aliphatic carbocycles. The number of imidazole rings is 1. The first-order valence-electron chi connectivity index (χ1n) is 10.8. The van der Waals surface area contributed by atoms with E-state index in [1.807, 2.05) is 21.7 Å². The lowest BCUT2D eigenvalue weighted by atomic mass is 9.99. The molecule has 1 atom stereocenters. The topological polar surface area (TPSA) is 101 Å². The number of nitrogens with zero attached hydrogens (tertiary/aromatic N) is 7. The first-order chi connectivity index (χ1) is 16.1. The molecule has 6 rings (SSSR count). The van der Waals surface area contributed by atoms with Crippen molar-refractivity contribution in [1.29, 1.82) is 0 Å². The van der Waals surface area contributed by atoms with Gasteiger partial charge in [0.25, 0.3) is 5.89 Å². The summed E-state index contributed by atoms with van der Waals surface area (Å²) in [5.41, 5.74) is 5.33. The lowest BCUT2D eigenvalue weighted by Crippen LogP contribution is -2.36. The second-order valence-electron chi connectivity index (χ2n) is 8.36. The molecule has 33 heavy (non-hydrogen) atoms. The highest BCUT2D eigenvalue weighted by molar-refractivity contribution is 5.59. The van der Waals surface area contributed by atoms with Crippen LogP contribution in [0.25, 0.3) is 17.1 Å². The molecule has 5 aromatic heterocycles. The summed E-state index contributed by atoms with van der Waals surface area (Å²) in [7, 11) is 0. The average Bonchev–Trinajstić information content (AvgIpc) is 3.56. The zero-order valence-electron chi connectivity index (χ0n) is 18.1. The monoisotopic (exact) mass is 444 g/mol. The molecule has 5 aromatic rings. The van der Waals surface area contributed by atoms with Gasteiger partial charge in [0.15, 0.2) is 0 Å². The molecule has 6 heterocycles. The number of nitrogens with one attached hydrogen (secondary N) is 1. The molecule has 0 radical (unpaired) electrons. The zero-order chi connectivity index (χ0) is 22.5. The summed E-state index contributed by atoms with van der Waals surface area (Å²) in [6.07, 6.45) is 4.39. The Morgan fingerprint density at radius 2 is 2.09 bits per heavy atom. The normalized spacial score (nSPS) is 16.0. The van der Waals surface area contributed by atoms with Crippen molar-refractivity contribution >= 4 is 11.5 Å². The lowest BCUT2D eigenvalue weighted by Gasteiger charge is -2.32. The zero-order valence-corrected chi connectivity index (χ0v) is 18.1. The largest absolute Gasteiger partial charge is 0.402 e. The van der Waals surface area contributed by atoms with Crippen molar-refractivity contribution in [3.05, 3.63) is 77.5 Å². The Kier molecular flexibility index (Phi) is 4.46. The molecule has 10 heteroatoms. The van der Waals surface area contributed by atoms with E-state index in [2.05, 4.69) is 51.1 Å². The van der Waals surface area contributed by atoms with Gasteiger partial charge in [-0.3, -0.25) is 0 Å². The van der Waals surface area contributed by atoms with Crippen molar-refractivity contribution in [1.82, 2.24) is 34.8 Å². The summed E-state index contributed by atoms with van der Waals surface area (Å²) in [6, 6.07) is 10.7. The maximum absolute atomic E-state index is 13.6. The van der Waals surface area contributed by atoms with Crippen molar-refractivity contribution in [2.45, 2.75) is 32.2 Å². The quantitative estimate of drug-likeness (QED) is 0.419. The van der Waals surface area contributed by atoms with Crippen molar-refractivity contribution in [2.75, 3.05) is 11.4 Å². The standard InChI is InChI=1S/C23H21FN8O/c1-13(2)14-5-4-9-32-18(14)11-17(30-32)21-20-15(25-12-26-20)8-10-31(21)23-29-28-22(33-23)16-6-3-7-19(24)27-16/h3-7,9,11-13,21H,8,10H2,1-2H3,(H,25,26)/t21-/m0/s1. The summed E-state index contributed by atoms with van der Waals surface area (Å²) in [5.74, 6) is -0.0815. The molecule has 1 aliphatic heterocycles. The van der Waals surface area contributed by atoms with Crippen LogP contribution >= 0.6 is 0 Å². The summed E-state index contributed by atoms with van der Waals surface area (Å²) in [5, 5.41) is 13.2. The van der Waals surface area contributed by atoms with E-state index >= 15 is 0 Å². The molecule has 0 fully saturated rings. The van der Waals surface area contributed by atoms with Crippen LogP contribution in [0, 0.1) is 5.95 Å². The molecular formula is C23H21FN8O. The van der Waals surface area contributed by atoms with Crippen molar-refractivity contribution in [2.24, 2.45) is 0 Å². The summed E-state index contributed by atoms with van der Waals surface area (Å²) >= 11 is 0. The highest BCUT2D eigenvalue weighted by Gasteiger charge is 2.36. The molecule has 166 valence electrons. The molecule has 1 aliphatic rings. The molecule has 0 saturated carbocycles. The van der Waals surface area contributed by atoms with Crippen LogP contribution in [0.4, 0.5) is 10.4 Å². The molecule has 0 saturated heterocycles. The van der Waals surface area contributed by atoms with Crippen molar-refractivity contribution < 1.29 is 8.81 Å². The fraction of sp³-hybridized carbons (Fsp3) is 0.261. The highest BCUT2D eigenvalue weighted by Crippen LogP contribution is 2.37. The number of aromatic amines is 1. The Morgan fingerprint density at radius 1 is 1.18 bits per heavy atom. The maximum Gasteiger partial charge on any atom is 0.319 e. The smallest absolute Gasteiger partial charge is 0.319 e.